The molecule has 0 saturated heterocycles. The first-order valence-corrected chi connectivity index (χ1v) is 5.93. The Bertz CT molecular complexity index is 467. The molecule has 2 heterocycles. The summed E-state index contributed by atoms with van der Waals surface area (Å²) in [6.45, 7) is 3.99. The number of aryl methyl sites for hydroxylation is 1. The van der Waals surface area contributed by atoms with E-state index in [4.69, 9.17) is 5.73 Å². The summed E-state index contributed by atoms with van der Waals surface area (Å²) in [7, 11) is 0. The van der Waals surface area contributed by atoms with Crippen LogP contribution in [0.1, 0.15) is 23.5 Å². The maximum absolute atomic E-state index is 5.82. The van der Waals surface area contributed by atoms with Gasteiger partial charge in [-0.3, -0.25) is 0 Å². The van der Waals surface area contributed by atoms with Gasteiger partial charge in [0.05, 0.1) is 6.04 Å². The van der Waals surface area contributed by atoms with Gasteiger partial charge in [0, 0.05) is 29.5 Å². The molecule has 0 aliphatic heterocycles. The highest BCUT2D eigenvalue weighted by Crippen LogP contribution is 2.21. The molecule has 0 bridgehead atoms. The fourth-order valence-electron chi connectivity index (χ4n) is 1.35. The normalized spacial score (nSPS) is 12.4. The van der Waals surface area contributed by atoms with E-state index in [9.17, 15) is 0 Å². The van der Waals surface area contributed by atoms with Gasteiger partial charge in [0.1, 0.15) is 10.8 Å². The van der Waals surface area contributed by atoms with Gasteiger partial charge in [-0.15, -0.1) is 11.3 Å². The molecule has 4 nitrogen and oxygen atoms in total. The monoisotopic (exact) mass is 234 g/mol. The predicted octanol–water partition coefficient (Wildman–Crippen LogP) is 2.60. The Morgan fingerprint density at radius 1 is 1.44 bits per heavy atom. The van der Waals surface area contributed by atoms with Gasteiger partial charge in [0.2, 0.25) is 0 Å². The SMILES string of the molecule is Cc1cnc(NC(C)c2nccs2)cc1N. The van der Waals surface area contributed by atoms with Gasteiger partial charge in [-0.2, -0.15) is 0 Å². The van der Waals surface area contributed by atoms with Gasteiger partial charge in [0.15, 0.2) is 0 Å². The highest BCUT2D eigenvalue weighted by molar-refractivity contribution is 7.09. The summed E-state index contributed by atoms with van der Waals surface area (Å²) in [6.07, 6.45) is 3.57. The molecule has 2 rings (SSSR count). The van der Waals surface area contributed by atoms with Crippen molar-refractivity contribution in [2.24, 2.45) is 0 Å². The molecule has 2 aromatic heterocycles. The van der Waals surface area contributed by atoms with Crippen molar-refractivity contribution in [3.8, 4) is 0 Å². The van der Waals surface area contributed by atoms with Crippen LogP contribution in [0.3, 0.4) is 0 Å². The average molecular weight is 234 g/mol. The second kappa shape index (κ2) is 4.49. The topological polar surface area (TPSA) is 63.8 Å². The summed E-state index contributed by atoms with van der Waals surface area (Å²) in [4.78, 5) is 8.52. The van der Waals surface area contributed by atoms with E-state index in [-0.39, 0.29) is 6.04 Å². The van der Waals surface area contributed by atoms with Crippen LogP contribution < -0.4 is 11.1 Å². The molecule has 2 aromatic rings. The van der Waals surface area contributed by atoms with Gasteiger partial charge >= 0.3 is 0 Å². The number of nitrogens with zero attached hydrogens (tertiary/aromatic N) is 2. The molecule has 0 aromatic carbocycles. The second-order valence-electron chi connectivity index (χ2n) is 3.66. The van der Waals surface area contributed by atoms with Crippen LogP contribution in [-0.2, 0) is 0 Å². The molecule has 0 aliphatic rings. The minimum atomic E-state index is 0.148. The van der Waals surface area contributed by atoms with E-state index < -0.39 is 0 Å². The molecule has 0 fully saturated rings. The molecule has 0 saturated carbocycles. The van der Waals surface area contributed by atoms with Crippen molar-refractivity contribution in [1.82, 2.24) is 9.97 Å². The Morgan fingerprint density at radius 2 is 2.25 bits per heavy atom. The van der Waals surface area contributed by atoms with Crippen LogP contribution in [0.15, 0.2) is 23.8 Å². The van der Waals surface area contributed by atoms with Crippen molar-refractivity contribution in [2.45, 2.75) is 19.9 Å². The molecule has 5 heteroatoms. The predicted molar refractivity (Wildman–Crippen MR) is 67.5 cm³/mol. The van der Waals surface area contributed by atoms with Crippen molar-refractivity contribution >= 4 is 22.8 Å². The van der Waals surface area contributed by atoms with Crippen molar-refractivity contribution in [2.75, 3.05) is 11.1 Å². The van der Waals surface area contributed by atoms with Gasteiger partial charge < -0.3 is 11.1 Å². The van der Waals surface area contributed by atoms with Crippen molar-refractivity contribution in [3.63, 3.8) is 0 Å². The number of rotatable bonds is 3. The van der Waals surface area contributed by atoms with E-state index in [1.54, 1.807) is 23.7 Å². The van der Waals surface area contributed by atoms with E-state index in [1.165, 1.54) is 0 Å². The smallest absolute Gasteiger partial charge is 0.128 e. The van der Waals surface area contributed by atoms with Gasteiger partial charge in [-0.05, 0) is 19.4 Å². The molecule has 0 spiro atoms. The van der Waals surface area contributed by atoms with Crippen LogP contribution in [0.25, 0.3) is 0 Å². The van der Waals surface area contributed by atoms with E-state index in [0.29, 0.717) is 0 Å². The lowest BCUT2D eigenvalue weighted by Gasteiger charge is -2.12. The summed E-state index contributed by atoms with van der Waals surface area (Å²) in [5.41, 5.74) is 7.57. The second-order valence-corrected chi connectivity index (χ2v) is 4.59. The minimum Gasteiger partial charge on any atom is -0.398 e. The lowest BCUT2D eigenvalue weighted by Crippen LogP contribution is -2.08. The van der Waals surface area contributed by atoms with Gasteiger partial charge in [-0.25, -0.2) is 9.97 Å². The van der Waals surface area contributed by atoms with Crippen LogP contribution >= 0.6 is 11.3 Å². The van der Waals surface area contributed by atoms with Crippen LogP contribution in [0, 0.1) is 6.92 Å². The standard InChI is InChI=1S/C11H14N4S/c1-7-6-14-10(5-9(7)12)15-8(2)11-13-3-4-16-11/h3-6,8H,1-2H3,(H3,12,14,15). The largest absolute Gasteiger partial charge is 0.398 e. The zero-order chi connectivity index (χ0) is 11.5. The number of pyridine rings is 1. The summed E-state index contributed by atoms with van der Waals surface area (Å²) in [5, 5.41) is 6.27. The summed E-state index contributed by atoms with van der Waals surface area (Å²) in [6, 6.07) is 1.99. The summed E-state index contributed by atoms with van der Waals surface area (Å²) in [5.74, 6) is 0.783. The van der Waals surface area contributed by atoms with Crippen LogP contribution in [-0.4, -0.2) is 9.97 Å². The number of hydrogen-bond acceptors (Lipinski definition) is 5. The number of nitrogens with two attached hydrogens (primary N) is 1. The van der Waals surface area contributed by atoms with E-state index in [2.05, 4.69) is 22.2 Å². The number of nitrogens with one attached hydrogen (secondary N) is 1. The Balaban J connectivity index is 2.12. The Kier molecular flexibility index (Phi) is 3.05. The number of anilines is 2. The fourth-order valence-corrected chi connectivity index (χ4v) is 2.00. The number of thiazole rings is 1. The summed E-state index contributed by atoms with van der Waals surface area (Å²) < 4.78 is 0. The zero-order valence-corrected chi connectivity index (χ0v) is 10.1. The number of aromatic nitrogens is 2. The molecular weight excluding hydrogens is 220 g/mol. The first-order chi connectivity index (χ1) is 7.66. The van der Waals surface area contributed by atoms with Gasteiger partial charge in [-0.1, -0.05) is 0 Å². The quantitative estimate of drug-likeness (QED) is 0.856. The first-order valence-electron chi connectivity index (χ1n) is 5.05. The van der Waals surface area contributed by atoms with E-state index in [1.807, 2.05) is 18.4 Å². The Hall–Kier alpha value is -1.62. The molecule has 0 amide bonds. The van der Waals surface area contributed by atoms with Crippen LogP contribution in [0.2, 0.25) is 0 Å². The third kappa shape index (κ3) is 2.30. The zero-order valence-electron chi connectivity index (χ0n) is 9.27. The number of nitrogen functional groups attached to an aromatic ring is 1. The molecular formula is C11H14N4S. The number of hydrogen-bond donors (Lipinski definition) is 2. The molecule has 1 unspecified atom stereocenters. The maximum Gasteiger partial charge on any atom is 0.128 e. The van der Waals surface area contributed by atoms with Crippen molar-refractivity contribution < 1.29 is 0 Å². The minimum absolute atomic E-state index is 0.148. The van der Waals surface area contributed by atoms with Crippen molar-refractivity contribution in [1.29, 1.82) is 0 Å². The highest BCUT2D eigenvalue weighted by Gasteiger charge is 2.08. The first kappa shape index (κ1) is 10.9. The molecule has 84 valence electrons. The lowest BCUT2D eigenvalue weighted by atomic mass is 10.2. The Labute approximate surface area is 98.6 Å². The molecule has 0 radical (unpaired) electrons. The van der Waals surface area contributed by atoms with Crippen LogP contribution in [0.4, 0.5) is 11.5 Å². The van der Waals surface area contributed by atoms with Crippen LogP contribution in [0.5, 0.6) is 0 Å². The molecule has 16 heavy (non-hydrogen) atoms. The van der Waals surface area contributed by atoms with Crippen molar-refractivity contribution in [3.05, 3.63) is 34.4 Å². The highest BCUT2D eigenvalue weighted by atomic mass is 32.1. The molecule has 0 aliphatic carbocycles. The molecule has 3 N–H and O–H groups in total. The van der Waals surface area contributed by atoms with E-state index >= 15 is 0 Å². The van der Waals surface area contributed by atoms with Gasteiger partial charge in [0.25, 0.3) is 0 Å². The Morgan fingerprint density at radius 3 is 2.88 bits per heavy atom. The average Bonchev–Trinajstić information content (AvgIpc) is 2.77. The van der Waals surface area contributed by atoms with E-state index in [0.717, 1.165) is 22.1 Å². The molecule has 1 atom stereocenters. The third-order valence-electron chi connectivity index (χ3n) is 2.33. The lowest BCUT2D eigenvalue weighted by molar-refractivity contribution is 0.860. The summed E-state index contributed by atoms with van der Waals surface area (Å²) >= 11 is 1.62. The maximum atomic E-state index is 5.82. The third-order valence-corrected chi connectivity index (χ3v) is 3.29. The fraction of sp³-hybridized carbons (Fsp3) is 0.273.